The summed E-state index contributed by atoms with van der Waals surface area (Å²) in [6.45, 7) is 1.60. The van der Waals surface area contributed by atoms with Crippen LogP contribution in [-0.2, 0) is 4.79 Å². The molecule has 2 aromatic carbocycles. The predicted molar refractivity (Wildman–Crippen MR) is 92.7 cm³/mol. The molecule has 6 heteroatoms. The van der Waals surface area contributed by atoms with E-state index in [0.29, 0.717) is 10.9 Å². The molecule has 0 bridgehead atoms. The van der Waals surface area contributed by atoms with Crippen molar-refractivity contribution in [2.24, 2.45) is 0 Å². The van der Waals surface area contributed by atoms with Crippen molar-refractivity contribution >= 4 is 22.4 Å². The molecule has 1 atom stereocenters. The normalized spacial score (nSPS) is 11.8. The van der Waals surface area contributed by atoms with Crippen molar-refractivity contribution < 1.29 is 13.9 Å². The molecule has 0 spiro atoms. The van der Waals surface area contributed by atoms with Gasteiger partial charge in [0.25, 0.3) is 5.91 Å². The smallest absolute Gasteiger partial charge is 0.266 e. The maximum atomic E-state index is 13.1. The van der Waals surface area contributed by atoms with Crippen LogP contribution in [0.5, 0.6) is 5.75 Å². The van der Waals surface area contributed by atoms with Gasteiger partial charge in [-0.15, -0.1) is 11.3 Å². The number of hydrogen-bond donors (Lipinski definition) is 1. The maximum Gasteiger partial charge on any atom is 0.266 e. The van der Waals surface area contributed by atoms with Crippen LogP contribution in [0.1, 0.15) is 6.92 Å². The number of thiazole rings is 1. The number of amides is 1. The van der Waals surface area contributed by atoms with E-state index in [-0.39, 0.29) is 5.91 Å². The lowest BCUT2D eigenvalue weighted by Crippen LogP contribution is -2.30. The number of anilines is 1. The van der Waals surface area contributed by atoms with Gasteiger partial charge in [0.05, 0.1) is 5.69 Å². The number of halogens is 1. The van der Waals surface area contributed by atoms with Crippen molar-refractivity contribution in [3.63, 3.8) is 0 Å². The number of nitrogens with zero attached hydrogens (tertiary/aromatic N) is 1. The molecule has 24 heavy (non-hydrogen) atoms. The molecule has 0 saturated heterocycles. The molecule has 0 fully saturated rings. The van der Waals surface area contributed by atoms with Crippen LogP contribution in [-0.4, -0.2) is 17.0 Å². The van der Waals surface area contributed by atoms with Crippen molar-refractivity contribution in [2.45, 2.75) is 13.0 Å². The topological polar surface area (TPSA) is 51.2 Å². The fraction of sp³-hybridized carbons (Fsp3) is 0.111. The molecule has 1 heterocycles. The van der Waals surface area contributed by atoms with Crippen LogP contribution < -0.4 is 10.1 Å². The van der Waals surface area contributed by atoms with E-state index in [2.05, 4.69) is 10.3 Å². The zero-order chi connectivity index (χ0) is 16.9. The van der Waals surface area contributed by atoms with Crippen LogP contribution in [0.3, 0.4) is 0 Å². The highest BCUT2D eigenvalue weighted by molar-refractivity contribution is 7.14. The SMILES string of the molecule is C[C@H](Oc1cccc(F)c1)C(=O)Nc1nc(-c2ccccc2)cs1. The lowest BCUT2D eigenvalue weighted by molar-refractivity contribution is -0.122. The van der Waals surface area contributed by atoms with Gasteiger partial charge in [-0.2, -0.15) is 0 Å². The zero-order valence-electron chi connectivity index (χ0n) is 12.9. The number of nitrogens with one attached hydrogen (secondary N) is 1. The van der Waals surface area contributed by atoms with E-state index in [1.807, 2.05) is 35.7 Å². The standard InChI is InChI=1S/C18H15FN2O2S/c1-12(23-15-9-5-8-14(19)10-15)17(22)21-18-20-16(11-24-18)13-6-3-2-4-7-13/h2-12H,1H3,(H,20,21,22)/t12-/m0/s1. The Morgan fingerprint density at radius 3 is 2.75 bits per heavy atom. The van der Waals surface area contributed by atoms with Crippen molar-refractivity contribution in [2.75, 3.05) is 5.32 Å². The van der Waals surface area contributed by atoms with E-state index in [9.17, 15) is 9.18 Å². The maximum absolute atomic E-state index is 13.1. The van der Waals surface area contributed by atoms with Gasteiger partial charge in [0.2, 0.25) is 0 Å². The van der Waals surface area contributed by atoms with Crippen LogP contribution in [0.15, 0.2) is 60.0 Å². The molecule has 3 aromatic rings. The number of carbonyl (C=O) groups is 1. The minimum Gasteiger partial charge on any atom is -0.481 e. The molecule has 0 aliphatic heterocycles. The highest BCUT2D eigenvalue weighted by atomic mass is 32.1. The third-order valence-electron chi connectivity index (χ3n) is 3.28. The molecule has 1 N–H and O–H groups in total. The van der Waals surface area contributed by atoms with E-state index >= 15 is 0 Å². The third kappa shape index (κ3) is 3.97. The fourth-order valence-corrected chi connectivity index (χ4v) is 2.80. The zero-order valence-corrected chi connectivity index (χ0v) is 13.7. The minimum atomic E-state index is -0.768. The first-order valence-corrected chi connectivity index (χ1v) is 8.24. The summed E-state index contributed by atoms with van der Waals surface area (Å²) < 4.78 is 18.6. The fourth-order valence-electron chi connectivity index (χ4n) is 2.08. The average molecular weight is 342 g/mol. The number of rotatable bonds is 5. The number of carbonyl (C=O) groups excluding carboxylic acids is 1. The van der Waals surface area contributed by atoms with Crippen LogP contribution in [0, 0.1) is 5.82 Å². The van der Waals surface area contributed by atoms with E-state index in [4.69, 9.17) is 4.74 Å². The first kappa shape index (κ1) is 16.1. The molecule has 122 valence electrons. The molecule has 0 unspecified atom stereocenters. The first-order valence-electron chi connectivity index (χ1n) is 7.36. The summed E-state index contributed by atoms with van der Waals surface area (Å²) in [5, 5.41) is 5.09. The number of ether oxygens (including phenoxy) is 1. The summed E-state index contributed by atoms with van der Waals surface area (Å²) in [5.74, 6) is -0.442. The van der Waals surface area contributed by atoms with Crippen LogP contribution in [0.25, 0.3) is 11.3 Å². The Labute approximate surface area is 142 Å². The lowest BCUT2D eigenvalue weighted by atomic mass is 10.2. The van der Waals surface area contributed by atoms with Gasteiger partial charge in [-0.25, -0.2) is 9.37 Å². The largest absolute Gasteiger partial charge is 0.481 e. The molecular formula is C18H15FN2O2S. The van der Waals surface area contributed by atoms with Gasteiger partial charge in [-0.05, 0) is 19.1 Å². The summed E-state index contributed by atoms with van der Waals surface area (Å²) in [4.78, 5) is 16.6. The highest BCUT2D eigenvalue weighted by Crippen LogP contribution is 2.24. The van der Waals surface area contributed by atoms with Crippen LogP contribution >= 0.6 is 11.3 Å². The summed E-state index contributed by atoms with van der Waals surface area (Å²) >= 11 is 1.34. The van der Waals surface area contributed by atoms with Gasteiger partial charge in [0.1, 0.15) is 11.6 Å². The molecule has 0 aliphatic carbocycles. The van der Waals surface area contributed by atoms with Crippen LogP contribution in [0.2, 0.25) is 0 Å². The molecule has 0 radical (unpaired) electrons. The number of hydrogen-bond acceptors (Lipinski definition) is 4. The Hall–Kier alpha value is -2.73. The molecular weight excluding hydrogens is 327 g/mol. The second-order valence-corrected chi connectivity index (χ2v) is 5.97. The van der Waals surface area contributed by atoms with Gasteiger partial charge in [-0.1, -0.05) is 36.4 Å². The first-order chi connectivity index (χ1) is 11.6. The summed E-state index contributed by atoms with van der Waals surface area (Å²) in [6.07, 6.45) is -0.768. The molecule has 1 amide bonds. The summed E-state index contributed by atoms with van der Waals surface area (Å²) in [6, 6.07) is 15.4. The van der Waals surface area contributed by atoms with Gasteiger partial charge < -0.3 is 4.74 Å². The van der Waals surface area contributed by atoms with Gasteiger partial charge in [0, 0.05) is 17.0 Å². The Bertz CT molecular complexity index is 836. The summed E-state index contributed by atoms with van der Waals surface area (Å²) in [7, 11) is 0. The lowest BCUT2D eigenvalue weighted by Gasteiger charge is -2.13. The van der Waals surface area contributed by atoms with Crippen LogP contribution in [0.4, 0.5) is 9.52 Å². The van der Waals surface area contributed by atoms with Gasteiger partial charge >= 0.3 is 0 Å². The molecule has 4 nitrogen and oxygen atoms in total. The average Bonchev–Trinajstić information content (AvgIpc) is 3.04. The molecule has 0 aliphatic rings. The molecule has 3 rings (SSSR count). The third-order valence-corrected chi connectivity index (χ3v) is 4.04. The van der Waals surface area contributed by atoms with Crippen molar-refractivity contribution in [3.8, 4) is 17.0 Å². The second-order valence-electron chi connectivity index (χ2n) is 5.11. The Kier molecular flexibility index (Phi) is 4.86. The Morgan fingerprint density at radius 2 is 2.00 bits per heavy atom. The molecule has 1 aromatic heterocycles. The second kappa shape index (κ2) is 7.23. The molecule has 0 saturated carbocycles. The van der Waals surface area contributed by atoms with E-state index < -0.39 is 11.9 Å². The Balaban J connectivity index is 1.63. The number of aromatic nitrogens is 1. The van der Waals surface area contributed by atoms with E-state index in [0.717, 1.165) is 11.3 Å². The van der Waals surface area contributed by atoms with Crippen molar-refractivity contribution in [1.29, 1.82) is 0 Å². The van der Waals surface area contributed by atoms with E-state index in [1.165, 1.54) is 29.5 Å². The van der Waals surface area contributed by atoms with Gasteiger partial charge in [0.15, 0.2) is 11.2 Å². The highest BCUT2D eigenvalue weighted by Gasteiger charge is 2.17. The monoisotopic (exact) mass is 342 g/mol. The summed E-state index contributed by atoms with van der Waals surface area (Å²) in [5.41, 5.74) is 1.79. The number of benzene rings is 2. The van der Waals surface area contributed by atoms with Gasteiger partial charge in [-0.3, -0.25) is 10.1 Å². The predicted octanol–water partition coefficient (Wildman–Crippen LogP) is 4.36. The van der Waals surface area contributed by atoms with E-state index in [1.54, 1.807) is 13.0 Å². The Morgan fingerprint density at radius 1 is 1.21 bits per heavy atom. The quantitative estimate of drug-likeness (QED) is 0.750. The minimum absolute atomic E-state index is 0.307. The van der Waals surface area contributed by atoms with Crippen molar-refractivity contribution in [1.82, 2.24) is 4.98 Å². The van der Waals surface area contributed by atoms with Crippen molar-refractivity contribution in [3.05, 3.63) is 65.8 Å².